The van der Waals surface area contributed by atoms with Crippen LogP contribution in [-0.2, 0) is 18.0 Å². The summed E-state index contributed by atoms with van der Waals surface area (Å²) in [5.41, 5.74) is 3.39. The first kappa shape index (κ1) is 39.1. The van der Waals surface area contributed by atoms with Gasteiger partial charge in [-0.05, 0) is 70.3 Å². The lowest BCUT2D eigenvalue weighted by atomic mass is 10.1. The van der Waals surface area contributed by atoms with Crippen molar-refractivity contribution in [3.05, 3.63) is 11.8 Å². The second-order valence-electron chi connectivity index (χ2n) is 16.3. The summed E-state index contributed by atoms with van der Waals surface area (Å²) in [6.07, 6.45) is 6.44. The third-order valence-corrected chi connectivity index (χ3v) is 27.3. The lowest BCUT2D eigenvalue weighted by Gasteiger charge is -2.46. The first-order chi connectivity index (χ1) is 18.6. The second-order valence-corrected chi connectivity index (χ2v) is 32.0. The Balaban J connectivity index is 3.15. The van der Waals surface area contributed by atoms with Gasteiger partial charge in [0.1, 0.15) is 6.10 Å². The average Bonchev–Trinajstić information content (AvgIpc) is 2.80. The van der Waals surface area contributed by atoms with Gasteiger partial charge in [0.25, 0.3) is 0 Å². The summed E-state index contributed by atoms with van der Waals surface area (Å²) in [7, 11) is -5.69. The summed E-state index contributed by atoms with van der Waals surface area (Å²) >= 11 is 0. The molecular formula is C34H72O4Si3. The van der Waals surface area contributed by atoms with E-state index >= 15 is 0 Å². The third kappa shape index (κ3) is 9.78. The maximum Gasteiger partial charge on any atom is 0.201 e. The highest BCUT2D eigenvalue weighted by molar-refractivity contribution is 6.78. The molecule has 0 amide bonds. The lowest BCUT2D eigenvalue weighted by molar-refractivity contribution is 0.00895. The van der Waals surface area contributed by atoms with Gasteiger partial charge in [-0.1, -0.05) is 104 Å². The predicted octanol–water partition coefficient (Wildman–Crippen LogP) is 11.6. The van der Waals surface area contributed by atoms with E-state index in [-0.39, 0.29) is 17.2 Å². The summed E-state index contributed by atoms with van der Waals surface area (Å²) in [5.74, 6) is 1.10. The molecule has 1 rings (SSSR count). The van der Waals surface area contributed by atoms with Gasteiger partial charge in [-0.3, -0.25) is 0 Å². The van der Waals surface area contributed by atoms with Crippen molar-refractivity contribution < 1.29 is 18.0 Å². The van der Waals surface area contributed by atoms with E-state index in [4.69, 9.17) is 18.0 Å². The summed E-state index contributed by atoms with van der Waals surface area (Å²) in [6.45, 7) is 41.6. The van der Waals surface area contributed by atoms with Crippen LogP contribution < -0.4 is 0 Å². The normalized spacial score (nSPS) is 19.7. The molecule has 0 aliphatic carbocycles. The van der Waals surface area contributed by atoms with Gasteiger partial charge in [0.05, 0.1) is 18.5 Å². The molecule has 4 nitrogen and oxygen atoms in total. The Morgan fingerprint density at radius 2 is 1.20 bits per heavy atom. The molecule has 0 bridgehead atoms. The first-order valence-corrected chi connectivity index (χ1v) is 24.2. The minimum absolute atomic E-state index is 0.0461. The quantitative estimate of drug-likeness (QED) is 0.119. The molecule has 0 saturated carbocycles. The molecule has 41 heavy (non-hydrogen) atoms. The van der Waals surface area contributed by atoms with E-state index in [1.807, 2.05) is 0 Å². The van der Waals surface area contributed by atoms with Gasteiger partial charge in [0.2, 0.25) is 16.6 Å². The van der Waals surface area contributed by atoms with E-state index in [1.54, 1.807) is 0 Å². The standard InChI is InChI=1S/C34H72O4Si3/c1-25(2)40(26(3)4,27(5)6)36-24-33-23-32(38-41(28(7)8,29(9)10)30(11)12)22-31(37-33)20-18-19-21-35-39(16,17)34(13,14)15/h22,25-30,32-33H,18-21,23-24H2,1-17H3/t32-,33+/m1/s1. The molecule has 0 N–H and O–H groups in total. The molecule has 1 aliphatic rings. The van der Waals surface area contributed by atoms with Crippen molar-refractivity contribution in [1.82, 2.24) is 0 Å². The average molecular weight is 629 g/mol. The SMILES string of the molecule is CC(C)[Si](OC[C@@H]1C[C@H](O[Si](C(C)C)(C(C)C)C(C)C)C=C(CCCCO[Si](C)(C)C(C)(C)C)O1)(C(C)C)C(C)C. The highest BCUT2D eigenvalue weighted by atomic mass is 28.4. The third-order valence-electron chi connectivity index (χ3n) is 10.6. The number of rotatable bonds is 17. The van der Waals surface area contributed by atoms with Gasteiger partial charge in [0, 0.05) is 19.4 Å². The van der Waals surface area contributed by atoms with Crippen molar-refractivity contribution >= 4 is 25.0 Å². The topological polar surface area (TPSA) is 36.9 Å². The van der Waals surface area contributed by atoms with E-state index in [1.165, 1.54) is 0 Å². The maximum absolute atomic E-state index is 7.33. The van der Waals surface area contributed by atoms with Crippen molar-refractivity contribution in [2.45, 2.75) is 193 Å². The van der Waals surface area contributed by atoms with Gasteiger partial charge >= 0.3 is 0 Å². The van der Waals surface area contributed by atoms with E-state index in [9.17, 15) is 0 Å². The van der Waals surface area contributed by atoms with Crippen molar-refractivity contribution in [2.75, 3.05) is 13.2 Å². The Bertz CT molecular complexity index is 753. The highest BCUT2D eigenvalue weighted by Gasteiger charge is 2.48. The zero-order chi connectivity index (χ0) is 32.0. The minimum Gasteiger partial charge on any atom is -0.493 e. The zero-order valence-electron chi connectivity index (χ0n) is 30.6. The molecule has 1 heterocycles. The van der Waals surface area contributed by atoms with E-state index in [0.717, 1.165) is 38.0 Å². The second kappa shape index (κ2) is 15.9. The largest absolute Gasteiger partial charge is 0.493 e. The molecule has 244 valence electrons. The van der Waals surface area contributed by atoms with Crippen LogP contribution in [0.5, 0.6) is 0 Å². The maximum atomic E-state index is 7.33. The molecule has 1 aliphatic heterocycles. The van der Waals surface area contributed by atoms with Crippen LogP contribution in [0.15, 0.2) is 11.8 Å². The minimum atomic E-state index is -2.02. The first-order valence-electron chi connectivity index (χ1n) is 17.0. The Morgan fingerprint density at radius 1 is 0.732 bits per heavy atom. The van der Waals surface area contributed by atoms with Gasteiger partial charge in [-0.25, -0.2) is 0 Å². The fourth-order valence-electron chi connectivity index (χ4n) is 7.52. The van der Waals surface area contributed by atoms with Gasteiger partial charge in [-0.15, -0.1) is 0 Å². The summed E-state index contributed by atoms with van der Waals surface area (Å²) < 4.78 is 27.6. The van der Waals surface area contributed by atoms with Crippen LogP contribution in [0, 0.1) is 0 Å². The molecular weight excluding hydrogens is 557 g/mol. The Hall–Kier alpha value is 0.0706. The van der Waals surface area contributed by atoms with Crippen LogP contribution in [-0.4, -0.2) is 50.4 Å². The Kier molecular flexibility index (Phi) is 15.1. The smallest absolute Gasteiger partial charge is 0.201 e. The van der Waals surface area contributed by atoms with Crippen LogP contribution in [0.25, 0.3) is 0 Å². The molecule has 0 fully saturated rings. The number of hydrogen-bond acceptors (Lipinski definition) is 4. The molecule has 0 radical (unpaired) electrons. The van der Waals surface area contributed by atoms with Crippen LogP contribution in [0.1, 0.15) is 130 Å². The predicted molar refractivity (Wildman–Crippen MR) is 187 cm³/mol. The number of hydrogen-bond donors (Lipinski definition) is 0. The lowest BCUT2D eigenvalue weighted by Crippen LogP contribution is -2.52. The molecule has 0 aromatic heterocycles. The highest BCUT2D eigenvalue weighted by Crippen LogP contribution is 2.45. The number of allylic oxidation sites excluding steroid dienone is 1. The van der Waals surface area contributed by atoms with Crippen LogP contribution >= 0.6 is 0 Å². The van der Waals surface area contributed by atoms with Crippen molar-refractivity contribution in [3.63, 3.8) is 0 Å². The van der Waals surface area contributed by atoms with Crippen LogP contribution in [0.4, 0.5) is 0 Å². The van der Waals surface area contributed by atoms with Crippen LogP contribution in [0.2, 0.25) is 51.4 Å². The van der Waals surface area contributed by atoms with Gasteiger partial charge < -0.3 is 18.0 Å². The molecule has 0 spiro atoms. The van der Waals surface area contributed by atoms with Crippen molar-refractivity contribution in [2.24, 2.45) is 0 Å². The molecule has 0 aromatic carbocycles. The summed E-state index contributed by atoms with van der Waals surface area (Å²) in [5, 5.41) is 0.250. The monoisotopic (exact) mass is 628 g/mol. The number of ether oxygens (including phenoxy) is 1. The van der Waals surface area contributed by atoms with Crippen molar-refractivity contribution in [3.8, 4) is 0 Å². The molecule has 7 heteroatoms. The molecule has 0 saturated heterocycles. The summed E-state index contributed by atoms with van der Waals surface area (Å²) in [4.78, 5) is 0. The fourth-order valence-corrected chi connectivity index (χ4v) is 19.6. The molecule has 2 atom stereocenters. The van der Waals surface area contributed by atoms with E-state index < -0.39 is 25.0 Å². The van der Waals surface area contributed by atoms with E-state index in [2.05, 4.69) is 123 Å². The van der Waals surface area contributed by atoms with Crippen molar-refractivity contribution in [1.29, 1.82) is 0 Å². The van der Waals surface area contributed by atoms with Gasteiger partial charge in [0.15, 0.2) is 8.32 Å². The Labute approximate surface area is 260 Å². The van der Waals surface area contributed by atoms with Crippen LogP contribution in [0.3, 0.4) is 0 Å². The van der Waals surface area contributed by atoms with E-state index in [0.29, 0.717) is 39.9 Å². The fraction of sp³-hybridized carbons (Fsp3) is 0.941. The zero-order valence-corrected chi connectivity index (χ0v) is 33.6. The number of unbranched alkanes of at least 4 members (excludes halogenated alkanes) is 1. The van der Waals surface area contributed by atoms with Gasteiger partial charge in [-0.2, -0.15) is 0 Å². The molecule has 0 unspecified atom stereocenters. The Morgan fingerprint density at radius 3 is 1.61 bits per heavy atom. The molecule has 0 aromatic rings. The summed E-state index contributed by atoms with van der Waals surface area (Å²) in [6, 6.07) is 0.